The Balaban J connectivity index is 1.22. The van der Waals surface area contributed by atoms with E-state index in [1.165, 1.54) is 10.7 Å². The molecular weight excluding hydrogens is 646 g/mol. The van der Waals surface area contributed by atoms with Crippen LogP contribution in [0.2, 0.25) is 0 Å². The number of hydrogen-bond acceptors (Lipinski definition) is 5. The Bertz CT molecular complexity index is 1040. The fourth-order valence-corrected chi connectivity index (χ4v) is 5.64. The first kappa shape index (κ1) is 24.3. The molecule has 1 saturated heterocycles. The highest BCUT2D eigenvalue weighted by molar-refractivity contribution is 14.1. The lowest BCUT2D eigenvalue weighted by atomic mass is 9.84. The van der Waals surface area contributed by atoms with E-state index in [0.717, 1.165) is 12.2 Å². The third-order valence-corrected chi connectivity index (χ3v) is 8.76. The molecule has 4 rings (SSSR count). The molecule has 3 aromatic rings. The van der Waals surface area contributed by atoms with Gasteiger partial charge in [-0.3, -0.25) is 0 Å². The molecule has 0 N–H and O–H groups in total. The van der Waals surface area contributed by atoms with Gasteiger partial charge in [0.2, 0.25) is 0 Å². The number of halogens is 2. The average Bonchev–Trinajstić information content (AvgIpc) is 2.81. The van der Waals surface area contributed by atoms with Crippen molar-refractivity contribution in [3.8, 4) is 17.2 Å². The normalized spacial score (nSPS) is 14.2. The second kappa shape index (κ2) is 11.5. The monoisotopic (exact) mass is 671 g/mol. The summed E-state index contributed by atoms with van der Waals surface area (Å²) in [6, 6.07) is 24.2. The zero-order valence-corrected chi connectivity index (χ0v) is 22.6. The van der Waals surface area contributed by atoms with Crippen molar-refractivity contribution in [2.24, 2.45) is 5.41 Å². The number of hydrogen-bond donors (Lipinski definition) is 0. The molecule has 1 aliphatic heterocycles. The van der Waals surface area contributed by atoms with Crippen LogP contribution in [0.5, 0.6) is 17.2 Å². The summed E-state index contributed by atoms with van der Waals surface area (Å²) >= 11 is 2.13. The zero-order valence-electron chi connectivity index (χ0n) is 18.3. The van der Waals surface area contributed by atoms with E-state index < -0.39 is 0 Å². The van der Waals surface area contributed by atoms with Gasteiger partial charge in [-0.2, -0.15) is 0 Å². The van der Waals surface area contributed by atoms with E-state index in [-0.39, 0.29) is 39.2 Å². The maximum atomic E-state index is 12.0. The van der Waals surface area contributed by atoms with E-state index in [1.807, 2.05) is 24.3 Å². The van der Waals surface area contributed by atoms with E-state index in [0.29, 0.717) is 31.3 Å². The standard InChI is InChI=1S/C26H25I2O5/c1-2-26(16-30-17-26)18-32-25(29)15-31-22-11-13-24(14-12-22)33-23-9-7-21(8-10-23)28-20-5-3-19(27)4-6-20/h3-14H,2,15-18H2,1H3/q+1. The molecule has 1 aliphatic rings. The fourth-order valence-electron chi connectivity index (χ4n) is 3.12. The molecule has 5 nitrogen and oxygen atoms in total. The molecule has 7 heteroatoms. The largest absolute Gasteiger partial charge is 0.482 e. The predicted octanol–water partition coefficient (Wildman–Crippen LogP) is 2.56. The average molecular weight is 671 g/mol. The van der Waals surface area contributed by atoms with Crippen LogP contribution in [-0.4, -0.2) is 32.4 Å². The van der Waals surface area contributed by atoms with Gasteiger partial charge in [-0.25, -0.2) is 4.79 Å². The van der Waals surface area contributed by atoms with Crippen molar-refractivity contribution in [1.82, 2.24) is 0 Å². The Kier molecular flexibility index (Phi) is 8.48. The van der Waals surface area contributed by atoms with Crippen molar-refractivity contribution in [2.75, 3.05) is 26.4 Å². The molecule has 0 aromatic heterocycles. The number of ether oxygens (including phenoxy) is 4. The molecule has 172 valence electrons. The number of rotatable bonds is 10. The maximum absolute atomic E-state index is 12.0. The summed E-state index contributed by atoms with van der Waals surface area (Å²) in [4.78, 5) is 12.0. The van der Waals surface area contributed by atoms with Gasteiger partial charge in [0.25, 0.3) is 0 Å². The van der Waals surface area contributed by atoms with Gasteiger partial charge in [0.05, 0.1) is 18.6 Å². The Morgan fingerprint density at radius 1 is 0.909 bits per heavy atom. The van der Waals surface area contributed by atoms with Gasteiger partial charge in [0.15, 0.2) is 13.7 Å². The van der Waals surface area contributed by atoms with E-state index in [1.54, 1.807) is 12.1 Å². The zero-order chi connectivity index (χ0) is 23.1. The Hall–Kier alpha value is -1.85. The van der Waals surface area contributed by atoms with Gasteiger partial charge >= 0.3 is 27.2 Å². The summed E-state index contributed by atoms with van der Waals surface area (Å²) < 4.78 is 26.1. The first-order valence-electron chi connectivity index (χ1n) is 10.7. The quantitative estimate of drug-likeness (QED) is 0.245. The van der Waals surface area contributed by atoms with Crippen molar-refractivity contribution < 1.29 is 44.9 Å². The molecule has 0 atom stereocenters. The molecule has 1 heterocycles. The lowest BCUT2D eigenvalue weighted by molar-refractivity contribution is -0.597. The molecule has 0 amide bonds. The maximum Gasteiger partial charge on any atom is 0.357 e. The number of carbonyl (C=O) groups is 1. The molecule has 3 aromatic carbocycles. The minimum Gasteiger partial charge on any atom is -0.482 e. The Morgan fingerprint density at radius 3 is 2.00 bits per heavy atom. The van der Waals surface area contributed by atoms with Gasteiger partial charge in [-0.15, -0.1) is 0 Å². The minimum atomic E-state index is -0.372. The molecular formula is C26H25I2O5+. The van der Waals surface area contributed by atoms with E-state index in [2.05, 4.69) is 65.9 Å². The lowest BCUT2D eigenvalue weighted by Crippen LogP contribution is -3.61. The van der Waals surface area contributed by atoms with Crippen molar-refractivity contribution >= 4 is 28.6 Å². The fraction of sp³-hybridized carbons (Fsp3) is 0.269. The van der Waals surface area contributed by atoms with Crippen LogP contribution in [0.15, 0.2) is 72.8 Å². The third-order valence-electron chi connectivity index (χ3n) is 5.36. The molecule has 1 fully saturated rings. The van der Waals surface area contributed by atoms with Crippen LogP contribution in [0.25, 0.3) is 0 Å². The summed E-state index contributed by atoms with van der Waals surface area (Å²) in [5.41, 5.74) is -0.0189. The molecule has 0 unspecified atom stereocenters. The summed E-state index contributed by atoms with van der Waals surface area (Å²) in [6.45, 7) is 3.64. The van der Waals surface area contributed by atoms with E-state index in [9.17, 15) is 4.79 Å². The molecule has 0 bridgehead atoms. The van der Waals surface area contributed by atoms with Crippen LogP contribution >= 0.6 is 22.6 Å². The van der Waals surface area contributed by atoms with Crippen LogP contribution in [0, 0.1) is 16.1 Å². The molecule has 0 spiro atoms. The van der Waals surface area contributed by atoms with Crippen LogP contribution in [0.4, 0.5) is 0 Å². The highest BCUT2D eigenvalue weighted by Crippen LogP contribution is 2.31. The topological polar surface area (TPSA) is 54.0 Å². The molecule has 33 heavy (non-hydrogen) atoms. The Labute approximate surface area is 218 Å². The SMILES string of the molecule is CCC1(COC(=O)COc2ccc(Oc3ccc([I+]c4ccc(I)cc4)cc3)cc2)COC1. The van der Waals surface area contributed by atoms with Gasteiger partial charge in [-0.05, 0) is 102 Å². The van der Waals surface area contributed by atoms with Crippen molar-refractivity contribution in [1.29, 1.82) is 0 Å². The van der Waals surface area contributed by atoms with E-state index in [4.69, 9.17) is 18.9 Å². The summed E-state index contributed by atoms with van der Waals surface area (Å²) in [5.74, 6) is 1.71. The van der Waals surface area contributed by atoms with Crippen molar-refractivity contribution in [2.45, 2.75) is 13.3 Å². The second-order valence-electron chi connectivity index (χ2n) is 7.85. The van der Waals surface area contributed by atoms with Crippen LogP contribution < -0.4 is 30.7 Å². The summed E-state index contributed by atoms with van der Waals surface area (Å²) in [6.07, 6.45) is 0.930. The lowest BCUT2D eigenvalue weighted by Gasteiger charge is -2.39. The van der Waals surface area contributed by atoms with Crippen LogP contribution in [-0.2, 0) is 14.3 Å². The minimum absolute atomic E-state index is 0.0189. The molecule has 0 saturated carbocycles. The summed E-state index contributed by atoms with van der Waals surface area (Å²) in [7, 11) is 0. The smallest absolute Gasteiger partial charge is 0.357 e. The van der Waals surface area contributed by atoms with Gasteiger partial charge in [0, 0.05) is 3.57 Å². The first-order valence-corrected chi connectivity index (χ1v) is 13.9. The first-order chi connectivity index (χ1) is 16.0. The number of esters is 1. The predicted molar refractivity (Wildman–Crippen MR) is 130 cm³/mol. The molecule has 0 radical (unpaired) electrons. The van der Waals surface area contributed by atoms with E-state index >= 15 is 0 Å². The molecule has 0 aliphatic carbocycles. The number of benzene rings is 3. The summed E-state index contributed by atoms with van der Waals surface area (Å²) in [5, 5.41) is 0. The van der Waals surface area contributed by atoms with Gasteiger partial charge in [0.1, 0.15) is 23.9 Å². The number of carbonyl (C=O) groups excluding carboxylic acids is 1. The van der Waals surface area contributed by atoms with Gasteiger partial charge in [-0.1, -0.05) is 6.92 Å². The second-order valence-corrected chi connectivity index (χ2v) is 12.1. The van der Waals surface area contributed by atoms with Crippen molar-refractivity contribution in [3.63, 3.8) is 0 Å². The van der Waals surface area contributed by atoms with Crippen LogP contribution in [0.3, 0.4) is 0 Å². The Morgan fingerprint density at radius 2 is 1.45 bits per heavy atom. The highest BCUT2D eigenvalue weighted by Gasteiger charge is 2.38. The van der Waals surface area contributed by atoms with Gasteiger partial charge < -0.3 is 18.9 Å². The van der Waals surface area contributed by atoms with Crippen LogP contribution in [0.1, 0.15) is 13.3 Å². The van der Waals surface area contributed by atoms with Crippen molar-refractivity contribution in [3.05, 3.63) is 83.5 Å². The third kappa shape index (κ3) is 7.07. The highest BCUT2D eigenvalue weighted by atomic mass is 127.